The van der Waals surface area contributed by atoms with Crippen molar-refractivity contribution in [3.63, 3.8) is 0 Å². The Morgan fingerprint density at radius 1 is 1.29 bits per heavy atom. The van der Waals surface area contributed by atoms with Crippen molar-refractivity contribution in [1.82, 2.24) is 9.55 Å². The highest BCUT2D eigenvalue weighted by atomic mass is 32.1. The van der Waals surface area contributed by atoms with E-state index in [1.165, 1.54) is 11.3 Å². The number of nitrogens with zero attached hydrogens (tertiary/aromatic N) is 2. The number of hydrogen-bond acceptors (Lipinski definition) is 3. The quantitative estimate of drug-likeness (QED) is 0.667. The number of ketones is 1. The molecule has 108 valence electrons. The maximum absolute atomic E-state index is 13.3. The summed E-state index contributed by atoms with van der Waals surface area (Å²) in [7, 11) is 0. The Morgan fingerprint density at radius 3 is 2.86 bits per heavy atom. The van der Waals surface area contributed by atoms with E-state index in [1.807, 2.05) is 11.4 Å². The van der Waals surface area contributed by atoms with Crippen molar-refractivity contribution in [2.45, 2.75) is 19.4 Å². The predicted octanol–water partition coefficient (Wildman–Crippen LogP) is 4.04. The molecule has 0 fully saturated rings. The molecule has 0 spiro atoms. The average molecular weight is 306 g/mol. The Kier molecular flexibility index (Phi) is 3.79. The summed E-state index contributed by atoms with van der Waals surface area (Å²) in [6.07, 6.45) is 2.59. The Morgan fingerprint density at radius 2 is 2.10 bits per heavy atom. The maximum atomic E-state index is 13.3. The van der Waals surface area contributed by atoms with Crippen LogP contribution < -0.4 is 0 Å². The van der Waals surface area contributed by atoms with Crippen LogP contribution in [-0.2, 0) is 6.54 Å². The fraction of sp³-hybridized carbons (Fsp3) is 0.200. The van der Waals surface area contributed by atoms with E-state index in [0.717, 1.165) is 17.0 Å². The average Bonchev–Trinajstić information content (AvgIpc) is 3.10. The number of benzene rings is 1. The highest BCUT2D eigenvalue weighted by molar-refractivity contribution is 7.12. The lowest BCUT2D eigenvalue weighted by Gasteiger charge is -2.04. The summed E-state index contributed by atoms with van der Waals surface area (Å²) < 4.78 is 28.1. The van der Waals surface area contributed by atoms with Gasteiger partial charge in [0.1, 0.15) is 0 Å². The van der Waals surface area contributed by atoms with E-state index in [1.54, 1.807) is 17.0 Å². The zero-order chi connectivity index (χ0) is 14.8. The third kappa shape index (κ3) is 2.85. The summed E-state index contributed by atoms with van der Waals surface area (Å²) in [4.78, 5) is 16.7. The molecule has 3 aromatic rings. The number of aromatic nitrogens is 2. The van der Waals surface area contributed by atoms with Crippen LogP contribution in [0.4, 0.5) is 8.78 Å². The molecular formula is C15H12F2N2OS. The van der Waals surface area contributed by atoms with Crippen molar-refractivity contribution in [3.05, 3.63) is 52.5 Å². The van der Waals surface area contributed by atoms with Gasteiger partial charge in [-0.1, -0.05) is 6.07 Å². The number of aryl methyl sites for hydroxylation is 1. The van der Waals surface area contributed by atoms with Gasteiger partial charge in [0.25, 0.3) is 0 Å². The topological polar surface area (TPSA) is 34.9 Å². The van der Waals surface area contributed by atoms with Crippen LogP contribution in [0.15, 0.2) is 36.0 Å². The number of hydrogen-bond donors (Lipinski definition) is 0. The molecule has 0 amide bonds. The Labute approximate surface area is 123 Å². The van der Waals surface area contributed by atoms with Crippen LogP contribution in [0, 0.1) is 11.6 Å². The monoisotopic (exact) mass is 306 g/mol. The Hall–Kier alpha value is -2.08. The summed E-state index contributed by atoms with van der Waals surface area (Å²) in [5.74, 6) is -1.69. The number of rotatable bonds is 5. The molecule has 0 saturated carbocycles. The molecule has 0 radical (unpaired) electrons. The first kappa shape index (κ1) is 13.9. The molecular weight excluding hydrogens is 294 g/mol. The standard InChI is InChI=1S/C15H12F2N2OS/c16-10-7-12-13(8-11(10)17)19(9-18-12)5-1-3-14(20)15-4-2-6-21-15/h2,4,6-9H,1,3,5H2. The normalized spacial score (nSPS) is 11.1. The van der Waals surface area contributed by atoms with Crippen molar-refractivity contribution in [2.24, 2.45) is 0 Å². The van der Waals surface area contributed by atoms with Crippen molar-refractivity contribution >= 4 is 28.2 Å². The first-order valence-electron chi connectivity index (χ1n) is 6.52. The zero-order valence-corrected chi connectivity index (χ0v) is 11.9. The molecule has 21 heavy (non-hydrogen) atoms. The van der Waals surface area contributed by atoms with E-state index in [0.29, 0.717) is 30.4 Å². The first-order chi connectivity index (χ1) is 10.1. The summed E-state index contributed by atoms with van der Waals surface area (Å²) in [5, 5.41) is 1.87. The fourth-order valence-corrected chi connectivity index (χ4v) is 2.90. The van der Waals surface area contributed by atoms with Crippen LogP contribution >= 0.6 is 11.3 Å². The second-order valence-electron chi connectivity index (χ2n) is 4.70. The number of imidazole rings is 1. The molecule has 3 nitrogen and oxygen atoms in total. The Bertz CT molecular complexity index is 780. The fourth-order valence-electron chi connectivity index (χ4n) is 2.20. The molecule has 2 heterocycles. The van der Waals surface area contributed by atoms with Crippen LogP contribution in [0.25, 0.3) is 11.0 Å². The van der Waals surface area contributed by atoms with Gasteiger partial charge in [-0.3, -0.25) is 4.79 Å². The minimum atomic E-state index is -0.902. The molecule has 3 rings (SSSR count). The number of carbonyl (C=O) groups is 1. The lowest BCUT2D eigenvalue weighted by Crippen LogP contribution is -2.01. The second-order valence-corrected chi connectivity index (χ2v) is 5.64. The number of carbonyl (C=O) groups excluding carboxylic acids is 1. The summed E-state index contributed by atoms with van der Waals surface area (Å²) in [6.45, 7) is 0.540. The third-order valence-corrected chi connectivity index (χ3v) is 4.17. The van der Waals surface area contributed by atoms with E-state index >= 15 is 0 Å². The molecule has 0 saturated heterocycles. The molecule has 2 aromatic heterocycles. The van der Waals surface area contributed by atoms with Gasteiger partial charge in [-0.15, -0.1) is 11.3 Å². The third-order valence-electron chi connectivity index (χ3n) is 3.26. The number of halogens is 2. The summed E-state index contributed by atoms with van der Waals surface area (Å²) in [6, 6.07) is 5.87. The van der Waals surface area contributed by atoms with Gasteiger partial charge in [-0.25, -0.2) is 13.8 Å². The minimum Gasteiger partial charge on any atom is -0.330 e. The number of fused-ring (bicyclic) bond motifs is 1. The van der Waals surface area contributed by atoms with E-state index < -0.39 is 11.6 Å². The second kappa shape index (κ2) is 5.73. The SMILES string of the molecule is O=C(CCCn1cnc2cc(F)c(F)cc21)c1cccs1. The molecule has 0 aliphatic heterocycles. The van der Waals surface area contributed by atoms with Crippen LogP contribution in [0.3, 0.4) is 0 Å². The highest BCUT2D eigenvalue weighted by Crippen LogP contribution is 2.18. The Balaban J connectivity index is 1.68. The summed E-state index contributed by atoms with van der Waals surface area (Å²) in [5.41, 5.74) is 0.955. The van der Waals surface area contributed by atoms with Crippen LogP contribution in [0.5, 0.6) is 0 Å². The first-order valence-corrected chi connectivity index (χ1v) is 7.40. The van der Waals surface area contributed by atoms with Gasteiger partial charge in [0.2, 0.25) is 0 Å². The van der Waals surface area contributed by atoms with E-state index in [9.17, 15) is 13.6 Å². The van der Waals surface area contributed by atoms with Crippen molar-refractivity contribution in [1.29, 1.82) is 0 Å². The van der Waals surface area contributed by atoms with Gasteiger partial charge < -0.3 is 4.57 Å². The lowest BCUT2D eigenvalue weighted by atomic mass is 10.2. The number of Topliss-reactive ketones (excluding diaryl/α,β-unsaturated/α-hetero) is 1. The summed E-state index contributed by atoms with van der Waals surface area (Å²) >= 11 is 1.43. The maximum Gasteiger partial charge on any atom is 0.172 e. The van der Waals surface area contributed by atoms with Gasteiger partial charge in [-0.2, -0.15) is 0 Å². The van der Waals surface area contributed by atoms with E-state index in [4.69, 9.17) is 0 Å². The molecule has 0 N–H and O–H groups in total. The lowest BCUT2D eigenvalue weighted by molar-refractivity contribution is 0.0982. The van der Waals surface area contributed by atoms with Gasteiger partial charge in [0, 0.05) is 25.1 Å². The van der Waals surface area contributed by atoms with Gasteiger partial charge in [0.15, 0.2) is 17.4 Å². The van der Waals surface area contributed by atoms with Crippen LogP contribution in [0.1, 0.15) is 22.5 Å². The highest BCUT2D eigenvalue weighted by Gasteiger charge is 2.10. The molecule has 1 aromatic carbocycles. The smallest absolute Gasteiger partial charge is 0.172 e. The molecule has 0 bridgehead atoms. The van der Waals surface area contributed by atoms with Crippen molar-refractivity contribution < 1.29 is 13.6 Å². The van der Waals surface area contributed by atoms with Crippen molar-refractivity contribution in [2.75, 3.05) is 0 Å². The predicted molar refractivity (Wildman–Crippen MR) is 77.5 cm³/mol. The molecule has 0 unspecified atom stereocenters. The largest absolute Gasteiger partial charge is 0.330 e. The molecule has 6 heteroatoms. The zero-order valence-electron chi connectivity index (χ0n) is 11.1. The van der Waals surface area contributed by atoms with Gasteiger partial charge in [-0.05, 0) is 17.9 Å². The van der Waals surface area contributed by atoms with Crippen LogP contribution in [0.2, 0.25) is 0 Å². The van der Waals surface area contributed by atoms with Crippen molar-refractivity contribution in [3.8, 4) is 0 Å². The molecule has 0 aliphatic carbocycles. The van der Waals surface area contributed by atoms with E-state index in [-0.39, 0.29) is 5.78 Å². The minimum absolute atomic E-state index is 0.103. The number of thiophene rings is 1. The van der Waals surface area contributed by atoms with Gasteiger partial charge in [0.05, 0.1) is 22.2 Å². The van der Waals surface area contributed by atoms with Crippen LogP contribution in [-0.4, -0.2) is 15.3 Å². The molecule has 0 aliphatic rings. The molecule has 0 atom stereocenters. The van der Waals surface area contributed by atoms with Gasteiger partial charge >= 0.3 is 0 Å². The van der Waals surface area contributed by atoms with E-state index in [2.05, 4.69) is 4.98 Å².